The highest BCUT2D eigenvalue weighted by Crippen LogP contribution is 2.40. The summed E-state index contributed by atoms with van der Waals surface area (Å²) >= 11 is 0. The van der Waals surface area contributed by atoms with Gasteiger partial charge in [-0.25, -0.2) is 15.0 Å². The van der Waals surface area contributed by atoms with Crippen LogP contribution in [0.3, 0.4) is 0 Å². The molecule has 2 aromatic heterocycles. The van der Waals surface area contributed by atoms with Gasteiger partial charge in [-0.15, -0.1) is 0 Å². The standard InChI is InChI=1S/C30H38F3N7O3/c1-29(43-19-20(17-34-2)27-35-13-4-14-36-27)11-7-21(8-12-29)39-15-9-24-23(39)10-16-40(24)26(41)18-37-28(42)22-5-3-6-25(38-22)30(31,32)33/h3-6,13-14,17,19,21,23-24,26,41H,7-12,15-16,18H2,1-2H3,(H,37,42)/b20-19+,34-17?. The van der Waals surface area contributed by atoms with Gasteiger partial charge < -0.3 is 15.2 Å². The molecule has 13 heteroatoms. The largest absolute Gasteiger partial charge is 0.494 e. The molecule has 1 aliphatic carbocycles. The Morgan fingerprint density at radius 1 is 1.16 bits per heavy atom. The van der Waals surface area contributed by atoms with Gasteiger partial charge in [-0.3, -0.25) is 19.6 Å². The van der Waals surface area contributed by atoms with Gasteiger partial charge in [0.2, 0.25) is 0 Å². The maximum atomic E-state index is 13.0. The molecular weight excluding hydrogens is 563 g/mol. The van der Waals surface area contributed by atoms with Crippen molar-refractivity contribution in [2.24, 2.45) is 4.99 Å². The number of aliphatic hydroxyl groups is 1. The van der Waals surface area contributed by atoms with E-state index in [1.54, 1.807) is 38.0 Å². The van der Waals surface area contributed by atoms with Gasteiger partial charge in [-0.05, 0) is 63.6 Å². The Morgan fingerprint density at radius 2 is 1.88 bits per heavy atom. The van der Waals surface area contributed by atoms with Gasteiger partial charge in [0.05, 0.1) is 18.4 Å². The minimum Gasteiger partial charge on any atom is -0.494 e. The summed E-state index contributed by atoms with van der Waals surface area (Å²) < 4.78 is 45.2. The highest BCUT2D eigenvalue weighted by atomic mass is 19.4. The maximum absolute atomic E-state index is 13.0. The van der Waals surface area contributed by atoms with Gasteiger partial charge in [-0.2, -0.15) is 13.2 Å². The average molecular weight is 602 g/mol. The molecule has 4 heterocycles. The molecule has 2 aromatic rings. The van der Waals surface area contributed by atoms with E-state index < -0.39 is 24.0 Å². The number of ether oxygens (including phenoxy) is 1. The van der Waals surface area contributed by atoms with Crippen molar-refractivity contribution in [3.63, 3.8) is 0 Å². The molecular formula is C30H38F3N7O3. The number of nitrogens with zero attached hydrogens (tertiary/aromatic N) is 6. The Kier molecular flexibility index (Phi) is 9.42. The molecule has 3 unspecified atom stereocenters. The van der Waals surface area contributed by atoms with E-state index in [-0.39, 0.29) is 23.9 Å². The van der Waals surface area contributed by atoms with Crippen molar-refractivity contribution in [2.45, 2.75) is 81.6 Å². The second-order valence-corrected chi connectivity index (χ2v) is 11.6. The number of allylic oxidation sites excluding steroid dienone is 1. The molecule has 10 nitrogen and oxygen atoms in total. The van der Waals surface area contributed by atoms with Crippen molar-refractivity contribution in [1.29, 1.82) is 0 Å². The number of carbonyl (C=O) groups excluding carboxylic acids is 1. The number of hydrogen-bond donors (Lipinski definition) is 2. The number of carbonyl (C=O) groups is 1. The molecule has 1 saturated carbocycles. The van der Waals surface area contributed by atoms with Crippen LogP contribution in [0.2, 0.25) is 0 Å². The van der Waals surface area contributed by atoms with Gasteiger partial charge in [0.1, 0.15) is 23.2 Å². The fraction of sp³-hybridized carbons (Fsp3) is 0.567. The monoisotopic (exact) mass is 601 g/mol. The first-order chi connectivity index (χ1) is 20.6. The first kappa shape index (κ1) is 31.0. The van der Waals surface area contributed by atoms with Crippen LogP contribution in [0.4, 0.5) is 13.2 Å². The highest BCUT2D eigenvalue weighted by Gasteiger charge is 2.47. The number of aliphatic imine (C=N–C) groups is 1. The van der Waals surface area contributed by atoms with E-state index in [1.165, 1.54) is 6.07 Å². The number of amides is 1. The summed E-state index contributed by atoms with van der Waals surface area (Å²) in [5, 5.41) is 13.5. The van der Waals surface area contributed by atoms with E-state index in [9.17, 15) is 23.1 Å². The third-order valence-corrected chi connectivity index (χ3v) is 8.81. The minimum absolute atomic E-state index is 0.0919. The summed E-state index contributed by atoms with van der Waals surface area (Å²) in [6.45, 7) is 3.66. The predicted molar refractivity (Wildman–Crippen MR) is 154 cm³/mol. The number of fused-ring (bicyclic) bond motifs is 1. The maximum Gasteiger partial charge on any atom is 0.433 e. The van der Waals surface area contributed by atoms with Crippen molar-refractivity contribution < 1.29 is 27.8 Å². The second kappa shape index (κ2) is 13.1. The van der Waals surface area contributed by atoms with Crippen LogP contribution in [0.25, 0.3) is 5.57 Å². The molecule has 0 radical (unpaired) electrons. The summed E-state index contributed by atoms with van der Waals surface area (Å²) in [5.74, 6) is -0.185. The summed E-state index contributed by atoms with van der Waals surface area (Å²) in [5.41, 5.74) is -1.04. The molecule has 3 fully saturated rings. The molecule has 232 valence electrons. The van der Waals surface area contributed by atoms with Crippen LogP contribution in [0.1, 0.15) is 67.5 Å². The van der Waals surface area contributed by atoms with Crippen molar-refractivity contribution in [2.75, 3.05) is 26.7 Å². The zero-order valence-corrected chi connectivity index (χ0v) is 24.4. The van der Waals surface area contributed by atoms with E-state index >= 15 is 0 Å². The summed E-state index contributed by atoms with van der Waals surface area (Å²) in [6, 6.07) is 5.85. The van der Waals surface area contributed by atoms with Gasteiger partial charge in [0, 0.05) is 56.9 Å². The van der Waals surface area contributed by atoms with E-state index in [0.717, 1.165) is 62.8 Å². The fourth-order valence-electron chi connectivity index (χ4n) is 6.58. The summed E-state index contributed by atoms with van der Waals surface area (Å²) in [4.78, 5) is 33.2. The number of nitrogens with one attached hydrogen (secondary N) is 1. The minimum atomic E-state index is -4.64. The van der Waals surface area contributed by atoms with Crippen LogP contribution < -0.4 is 5.32 Å². The number of likely N-dealkylation sites (tertiary alicyclic amines) is 2. The Balaban J connectivity index is 1.12. The first-order valence-electron chi connectivity index (χ1n) is 14.7. The summed E-state index contributed by atoms with van der Waals surface area (Å²) in [7, 11) is 1.70. The van der Waals surface area contributed by atoms with Gasteiger partial charge in [0.25, 0.3) is 5.91 Å². The number of alkyl halides is 3. The third-order valence-electron chi connectivity index (χ3n) is 8.81. The van der Waals surface area contributed by atoms with Crippen LogP contribution in [-0.2, 0) is 10.9 Å². The first-order valence-corrected chi connectivity index (χ1v) is 14.7. The Hall–Kier alpha value is -3.42. The molecule has 0 spiro atoms. The molecule has 0 aromatic carbocycles. The number of halogens is 3. The van der Waals surface area contributed by atoms with Crippen molar-refractivity contribution in [1.82, 2.24) is 30.1 Å². The lowest BCUT2D eigenvalue weighted by atomic mass is 9.82. The van der Waals surface area contributed by atoms with Crippen molar-refractivity contribution in [3.8, 4) is 0 Å². The number of aliphatic hydroxyl groups excluding tert-OH is 1. The number of rotatable bonds is 9. The van der Waals surface area contributed by atoms with Gasteiger partial charge in [0.15, 0.2) is 5.82 Å². The second-order valence-electron chi connectivity index (χ2n) is 11.6. The van der Waals surface area contributed by atoms with Crippen molar-refractivity contribution >= 4 is 17.7 Å². The highest BCUT2D eigenvalue weighted by molar-refractivity contribution is 6.07. The molecule has 43 heavy (non-hydrogen) atoms. The molecule has 5 rings (SSSR count). The fourth-order valence-corrected chi connectivity index (χ4v) is 6.58. The average Bonchev–Trinajstić information content (AvgIpc) is 3.61. The molecule has 3 atom stereocenters. The van der Waals surface area contributed by atoms with E-state index in [4.69, 9.17) is 4.74 Å². The Bertz CT molecular complexity index is 1320. The lowest BCUT2D eigenvalue weighted by Crippen LogP contribution is -2.49. The topological polar surface area (TPSA) is 116 Å². The van der Waals surface area contributed by atoms with E-state index in [2.05, 4.69) is 37.1 Å². The molecule has 1 amide bonds. The molecule has 2 saturated heterocycles. The lowest BCUT2D eigenvalue weighted by Gasteiger charge is -2.42. The van der Waals surface area contributed by atoms with Crippen LogP contribution in [-0.4, -0.2) is 98.6 Å². The lowest BCUT2D eigenvalue weighted by molar-refractivity contribution is -0.141. The van der Waals surface area contributed by atoms with Crippen LogP contribution >= 0.6 is 0 Å². The predicted octanol–water partition coefficient (Wildman–Crippen LogP) is 3.55. The van der Waals surface area contributed by atoms with E-state index in [1.807, 2.05) is 4.90 Å². The SMILES string of the molecule is CN=C/C(=C\OC1(C)CCC(N2CCC3C2CCN3C(O)CNC(=O)c2cccc(C(F)(F)F)n2)CC1)c1ncccn1. The Labute approximate surface area is 249 Å². The smallest absolute Gasteiger partial charge is 0.433 e. The van der Waals surface area contributed by atoms with Crippen LogP contribution in [0, 0.1) is 0 Å². The zero-order chi connectivity index (χ0) is 30.6. The Morgan fingerprint density at radius 3 is 2.58 bits per heavy atom. The molecule has 0 bridgehead atoms. The summed E-state index contributed by atoms with van der Waals surface area (Å²) in [6.07, 6.45) is 6.82. The molecule has 2 aliphatic heterocycles. The third kappa shape index (κ3) is 7.22. The normalized spacial score (nSPS) is 27.8. The van der Waals surface area contributed by atoms with Crippen LogP contribution in [0.15, 0.2) is 47.9 Å². The number of aromatic nitrogens is 3. The van der Waals surface area contributed by atoms with E-state index in [0.29, 0.717) is 24.5 Å². The zero-order valence-electron chi connectivity index (χ0n) is 24.4. The number of hydrogen-bond acceptors (Lipinski definition) is 9. The van der Waals surface area contributed by atoms with Crippen LogP contribution in [0.5, 0.6) is 0 Å². The van der Waals surface area contributed by atoms with Gasteiger partial charge >= 0.3 is 6.18 Å². The molecule has 3 aliphatic rings. The quantitative estimate of drug-likeness (QED) is 0.331. The number of pyridine rings is 1. The van der Waals surface area contributed by atoms with Crippen molar-refractivity contribution in [3.05, 3.63) is 60.1 Å². The molecule has 2 N–H and O–H groups in total. The van der Waals surface area contributed by atoms with Gasteiger partial charge in [-0.1, -0.05) is 6.07 Å².